The van der Waals surface area contributed by atoms with Gasteiger partial charge in [-0.1, -0.05) is 78.9 Å². The van der Waals surface area contributed by atoms with Crippen molar-refractivity contribution in [3.8, 4) is 33.5 Å². The fourth-order valence-corrected chi connectivity index (χ4v) is 5.46. The molecule has 0 aliphatic carbocycles. The Bertz CT molecular complexity index is 1520. The summed E-state index contributed by atoms with van der Waals surface area (Å²) in [5.41, 5.74) is 6.51. The summed E-state index contributed by atoms with van der Waals surface area (Å²) >= 11 is 8.05. The Balaban J connectivity index is 1.68. The van der Waals surface area contributed by atoms with E-state index in [1.807, 2.05) is 12.1 Å². The van der Waals surface area contributed by atoms with E-state index in [1.165, 1.54) is 4.70 Å². The van der Waals surface area contributed by atoms with Gasteiger partial charge >= 0.3 is 0 Å². The Labute approximate surface area is 194 Å². The zero-order chi connectivity index (χ0) is 21.5. The van der Waals surface area contributed by atoms with E-state index in [0.29, 0.717) is 0 Å². The van der Waals surface area contributed by atoms with Gasteiger partial charge in [-0.3, -0.25) is 0 Å². The molecule has 0 saturated carbocycles. The third-order valence-electron chi connectivity index (χ3n) is 5.63. The van der Waals surface area contributed by atoms with Crippen LogP contribution in [-0.4, -0.2) is 9.97 Å². The van der Waals surface area contributed by atoms with Crippen LogP contribution in [0.3, 0.4) is 0 Å². The average Bonchev–Trinajstić information content (AvgIpc) is 3.22. The first-order chi connectivity index (χ1) is 15.8. The molecule has 0 fully saturated rings. The highest BCUT2D eigenvalue weighted by Crippen LogP contribution is 2.40. The third kappa shape index (κ3) is 3.36. The molecule has 4 heteroatoms. The number of hydrogen-bond donors (Lipinski definition) is 0. The van der Waals surface area contributed by atoms with Gasteiger partial charge in [-0.05, 0) is 58.1 Å². The largest absolute Gasteiger partial charge is 0.224 e. The molecule has 0 spiro atoms. The van der Waals surface area contributed by atoms with Crippen molar-refractivity contribution in [2.24, 2.45) is 0 Å². The Kier molecular flexibility index (Phi) is 4.71. The summed E-state index contributed by atoms with van der Waals surface area (Å²) in [5, 5.41) is 2.48. The molecule has 0 N–H and O–H groups in total. The van der Waals surface area contributed by atoms with Crippen molar-refractivity contribution in [1.82, 2.24) is 9.97 Å². The maximum atomic E-state index is 6.40. The molecule has 2 heterocycles. The number of benzene rings is 4. The van der Waals surface area contributed by atoms with Crippen molar-refractivity contribution in [3.63, 3.8) is 0 Å². The summed E-state index contributed by atoms with van der Waals surface area (Å²) in [6, 6.07) is 35.9. The minimum absolute atomic E-state index is 0.269. The van der Waals surface area contributed by atoms with Gasteiger partial charge in [0.25, 0.3) is 0 Å². The smallest absolute Gasteiger partial charge is 0.217 e. The molecule has 0 atom stereocenters. The Morgan fingerprint density at radius 2 is 1.12 bits per heavy atom. The molecule has 4 aromatic carbocycles. The van der Waals surface area contributed by atoms with Crippen LogP contribution in [0.25, 0.3) is 53.8 Å². The number of fused-ring (bicyclic) bond motifs is 3. The highest BCUT2D eigenvalue weighted by atomic mass is 35.5. The van der Waals surface area contributed by atoms with Crippen molar-refractivity contribution in [2.75, 3.05) is 0 Å². The molecular formula is C28H17ClN2S. The molecule has 0 saturated heterocycles. The van der Waals surface area contributed by atoms with Crippen molar-refractivity contribution < 1.29 is 0 Å². The number of thiophene rings is 1. The zero-order valence-corrected chi connectivity index (χ0v) is 18.6. The van der Waals surface area contributed by atoms with Crippen LogP contribution < -0.4 is 0 Å². The summed E-state index contributed by atoms with van der Waals surface area (Å²) in [6.45, 7) is 0. The second kappa shape index (κ2) is 7.86. The van der Waals surface area contributed by atoms with E-state index in [4.69, 9.17) is 16.6 Å². The average molecular weight is 449 g/mol. The monoisotopic (exact) mass is 448 g/mol. The fraction of sp³-hybridized carbons (Fsp3) is 0. The van der Waals surface area contributed by atoms with Gasteiger partial charge in [0.05, 0.1) is 5.69 Å². The molecule has 6 aromatic rings. The van der Waals surface area contributed by atoms with Gasteiger partial charge < -0.3 is 0 Å². The van der Waals surface area contributed by atoms with E-state index in [1.54, 1.807) is 11.3 Å². The van der Waals surface area contributed by atoms with Crippen LogP contribution in [0.15, 0.2) is 103 Å². The molecule has 6 rings (SSSR count). The van der Waals surface area contributed by atoms with Gasteiger partial charge in [-0.2, -0.15) is 0 Å². The number of rotatable bonds is 3. The standard InChI is InChI=1S/C28H17ClN2S/c29-28-30-26(25-23-13-7-8-14-24(23)32-27(25)31-28)22-16-20(18-9-3-1-4-10-18)15-21(17-22)19-11-5-2-6-12-19/h1-17H. The van der Waals surface area contributed by atoms with Crippen LogP contribution in [0, 0.1) is 0 Å². The Morgan fingerprint density at radius 1 is 0.562 bits per heavy atom. The van der Waals surface area contributed by atoms with E-state index in [-0.39, 0.29) is 5.28 Å². The first kappa shape index (κ1) is 19.2. The molecule has 2 aromatic heterocycles. The minimum Gasteiger partial charge on any atom is -0.217 e. The Morgan fingerprint density at radius 3 is 1.78 bits per heavy atom. The van der Waals surface area contributed by atoms with Gasteiger partial charge in [-0.25, -0.2) is 9.97 Å². The molecule has 32 heavy (non-hydrogen) atoms. The summed E-state index contributed by atoms with van der Waals surface area (Å²) < 4.78 is 1.18. The van der Waals surface area contributed by atoms with Crippen LogP contribution in [0.1, 0.15) is 0 Å². The summed E-state index contributed by atoms with van der Waals surface area (Å²) in [4.78, 5) is 10.2. The maximum Gasteiger partial charge on any atom is 0.224 e. The quantitative estimate of drug-likeness (QED) is 0.253. The van der Waals surface area contributed by atoms with Crippen LogP contribution in [0.5, 0.6) is 0 Å². The molecule has 0 unspecified atom stereocenters. The van der Waals surface area contributed by atoms with Gasteiger partial charge in [0, 0.05) is 21.0 Å². The summed E-state index contributed by atoms with van der Waals surface area (Å²) in [7, 11) is 0. The lowest BCUT2D eigenvalue weighted by Gasteiger charge is -2.12. The lowest BCUT2D eigenvalue weighted by Crippen LogP contribution is -1.91. The van der Waals surface area contributed by atoms with Gasteiger partial charge in [0.1, 0.15) is 4.83 Å². The van der Waals surface area contributed by atoms with Crippen LogP contribution in [0.4, 0.5) is 0 Å². The first-order valence-corrected chi connectivity index (χ1v) is 11.6. The summed E-state index contributed by atoms with van der Waals surface area (Å²) in [6.07, 6.45) is 0. The number of nitrogens with zero attached hydrogens (tertiary/aromatic N) is 2. The fourth-order valence-electron chi connectivity index (χ4n) is 4.16. The highest BCUT2D eigenvalue weighted by molar-refractivity contribution is 7.25. The zero-order valence-electron chi connectivity index (χ0n) is 17.0. The first-order valence-electron chi connectivity index (χ1n) is 10.4. The molecule has 152 valence electrons. The number of aromatic nitrogens is 2. The molecule has 0 amide bonds. The van der Waals surface area contributed by atoms with E-state index in [9.17, 15) is 0 Å². The van der Waals surface area contributed by atoms with E-state index in [0.717, 1.165) is 49.1 Å². The molecule has 0 aliphatic rings. The molecule has 0 radical (unpaired) electrons. The number of hydrogen-bond acceptors (Lipinski definition) is 3. The van der Waals surface area contributed by atoms with Gasteiger partial charge in [-0.15, -0.1) is 11.3 Å². The minimum atomic E-state index is 0.269. The lowest BCUT2D eigenvalue weighted by atomic mass is 9.94. The van der Waals surface area contributed by atoms with Crippen molar-refractivity contribution in [3.05, 3.63) is 108 Å². The molecule has 0 aliphatic heterocycles. The lowest BCUT2D eigenvalue weighted by molar-refractivity contribution is 1.24. The van der Waals surface area contributed by atoms with Crippen molar-refractivity contribution >= 4 is 43.2 Å². The predicted molar refractivity (Wildman–Crippen MR) is 136 cm³/mol. The third-order valence-corrected chi connectivity index (χ3v) is 6.87. The van der Waals surface area contributed by atoms with Crippen LogP contribution in [0.2, 0.25) is 5.28 Å². The van der Waals surface area contributed by atoms with Gasteiger partial charge in [0.2, 0.25) is 5.28 Å². The van der Waals surface area contributed by atoms with Crippen LogP contribution in [-0.2, 0) is 0 Å². The van der Waals surface area contributed by atoms with Gasteiger partial charge in [0.15, 0.2) is 0 Å². The number of halogens is 1. The van der Waals surface area contributed by atoms with Crippen LogP contribution >= 0.6 is 22.9 Å². The van der Waals surface area contributed by atoms with E-state index in [2.05, 4.69) is 96.0 Å². The van der Waals surface area contributed by atoms with E-state index < -0.39 is 0 Å². The molecular weight excluding hydrogens is 432 g/mol. The normalized spacial score (nSPS) is 11.3. The van der Waals surface area contributed by atoms with E-state index >= 15 is 0 Å². The second-order valence-corrected chi connectivity index (χ2v) is 9.02. The molecule has 0 bridgehead atoms. The SMILES string of the molecule is Clc1nc(-c2cc(-c3ccccc3)cc(-c3ccccc3)c2)c2c(n1)sc1ccccc12. The molecule has 2 nitrogen and oxygen atoms in total. The summed E-state index contributed by atoms with van der Waals surface area (Å²) in [5.74, 6) is 0. The predicted octanol–water partition coefficient (Wildman–Crippen LogP) is 8.50. The van der Waals surface area contributed by atoms with Crippen molar-refractivity contribution in [2.45, 2.75) is 0 Å². The highest BCUT2D eigenvalue weighted by Gasteiger charge is 2.17. The van der Waals surface area contributed by atoms with Crippen molar-refractivity contribution in [1.29, 1.82) is 0 Å². The topological polar surface area (TPSA) is 25.8 Å². The second-order valence-electron chi connectivity index (χ2n) is 7.65. The Hall–Kier alpha value is -3.53. The maximum absolute atomic E-state index is 6.40.